The van der Waals surface area contributed by atoms with Gasteiger partial charge in [0.2, 0.25) is 0 Å². The second-order valence-electron chi connectivity index (χ2n) is 6.40. The summed E-state index contributed by atoms with van der Waals surface area (Å²) in [5.41, 5.74) is 2.96. The van der Waals surface area contributed by atoms with E-state index in [0.717, 1.165) is 22.5 Å². The van der Waals surface area contributed by atoms with Gasteiger partial charge >= 0.3 is 5.97 Å². The molecular weight excluding hydrogens is 394 g/mol. The summed E-state index contributed by atoms with van der Waals surface area (Å²) >= 11 is 1.11. The number of non-ortho nitro benzene ring substituents is 1. The quantitative estimate of drug-likeness (QED) is 0.362. The fourth-order valence-electron chi connectivity index (χ4n) is 2.78. The summed E-state index contributed by atoms with van der Waals surface area (Å²) in [6.07, 6.45) is 0. The standard InChI is InChI=1S/C20H19N3O5S/c1-4-28-18(24)11-22-16-8-7-15(23(26)27)10-17(16)29-20(22)21-19(25)14-6-5-12(2)13(3)9-14/h5-10H,4,11H2,1-3H3. The van der Waals surface area contributed by atoms with Crippen molar-refractivity contribution in [3.63, 3.8) is 0 Å². The number of aryl methyl sites for hydroxylation is 2. The number of ether oxygens (including phenoxy) is 1. The first-order valence-corrected chi connectivity index (χ1v) is 9.71. The summed E-state index contributed by atoms with van der Waals surface area (Å²) in [6, 6.07) is 9.60. The number of rotatable bonds is 5. The fraction of sp³-hybridized carbons (Fsp3) is 0.250. The number of nitro benzene ring substituents is 1. The molecule has 1 amide bonds. The van der Waals surface area contributed by atoms with Crippen LogP contribution in [0.3, 0.4) is 0 Å². The molecule has 3 rings (SSSR count). The Labute approximate surface area is 170 Å². The molecule has 0 aliphatic heterocycles. The first-order valence-electron chi connectivity index (χ1n) is 8.90. The van der Waals surface area contributed by atoms with Crippen LogP contribution in [-0.4, -0.2) is 28.0 Å². The predicted octanol–water partition coefficient (Wildman–Crippen LogP) is 3.53. The van der Waals surface area contributed by atoms with Crippen LogP contribution in [0.25, 0.3) is 10.2 Å². The average molecular weight is 413 g/mol. The van der Waals surface area contributed by atoms with Gasteiger partial charge in [0.25, 0.3) is 11.6 Å². The molecule has 0 atom stereocenters. The molecule has 0 radical (unpaired) electrons. The highest BCUT2D eigenvalue weighted by molar-refractivity contribution is 7.16. The van der Waals surface area contributed by atoms with E-state index in [4.69, 9.17) is 4.74 Å². The minimum atomic E-state index is -0.494. The Balaban J connectivity index is 2.14. The lowest BCUT2D eigenvalue weighted by molar-refractivity contribution is -0.384. The van der Waals surface area contributed by atoms with Crippen molar-refractivity contribution in [3.05, 3.63) is 68.0 Å². The molecule has 150 valence electrons. The number of benzene rings is 2. The highest BCUT2D eigenvalue weighted by Crippen LogP contribution is 2.23. The van der Waals surface area contributed by atoms with E-state index in [1.54, 1.807) is 29.7 Å². The van der Waals surface area contributed by atoms with Crippen molar-refractivity contribution >= 4 is 39.1 Å². The number of carbonyl (C=O) groups is 2. The van der Waals surface area contributed by atoms with Crippen molar-refractivity contribution in [1.82, 2.24) is 4.57 Å². The van der Waals surface area contributed by atoms with E-state index >= 15 is 0 Å². The number of amides is 1. The minimum absolute atomic E-state index is 0.0749. The van der Waals surface area contributed by atoms with Gasteiger partial charge in [-0.1, -0.05) is 17.4 Å². The number of carbonyl (C=O) groups excluding carboxylic acids is 2. The van der Waals surface area contributed by atoms with Gasteiger partial charge in [-0.15, -0.1) is 0 Å². The molecular formula is C20H19N3O5S. The van der Waals surface area contributed by atoms with Gasteiger partial charge in [-0.2, -0.15) is 4.99 Å². The maximum atomic E-state index is 12.7. The minimum Gasteiger partial charge on any atom is -0.465 e. The summed E-state index contributed by atoms with van der Waals surface area (Å²) in [6.45, 7) is 5.64. The van der Waals surface area contributed by atoms with Gasteiger partial charge in [0.05, 0.1) is 21.7 Å². The van der Waals surface area contributed by atoms with Gasteiger partial charge in [0.1, 0.15) is 6.54 Å². The Morgan fingerprint density at radius 2 is 1.93 bits per heavy atom. The van der Waals surface area contributed by atoms with Crippen molar-refractivity contribution in [1.29, 1.82) is 0 Å². The highest BCUT2D eigenvalue weighted by atomic mass is 32.1. The number of hydrogen-bond donors (Lipinski definition) is 0. The molecule has 0 saturated carbocycles. The van der Waals surface area contributed by atoms with Gasteiger partial charge in [-0.25, -0.2) is 0 Å². The molecule has 8 nitrogen and oxygen atoms in total. The Morgan fingerprint density at radius 3 is 2.59 bits per heavy atom. The smallest absolute Gasteiger partial charge is 0.326 e. The summed E-state index contributed by atoms with van der Waals surface area (Å²) in [7, 11) is 0. The maximum Gasteiger partial charge on any atom is 0.326 e. The molecule has 2 aromatic carbocycles. The number of hydrogen-bond acceptors (Lipinski definition) is 6. The lowest BCUT2D eigenvalue weighted by atomic mass is 10.1. The molecule has 1 aromatic heterocycles. The van der Waals surface area contributed by atoms with Crippen molar-refractivity contribution in [2.45, 2.75) is 27.3 Å². The lowest BCUT2D eigenvalue weighted by Crippen LogP contribution is -2.23. The zero-order valence-corrected chi connectivity index (χ0v) is 17.0. The van der Waals surface area contributed by atoms with Crippen LogP contribution >= 0.6 is 11.3 Å². The Morgan fingerprint density at radius 1 is 1.17 bits per heavy atom. The van der Waals surface area contributed by atoms with Crippen LogP contribution in [0, 0.1) is 24.0 Å². The monoisotopic (exact) mass is 413 g/mol. The third-order valence-corrected chi connectivity index (χ3v) is 5.46. The van der Waals surface area contributed by atoms with E-state index < -0.39 is 16.8 Å². The molecule has 1 heterocycles. The van der Waals surface area contributed by atoms with Crippen molar-refractivity contribution in [3.8, 4) is 0 Å². The summed E-state index contributed by atoms with van der Waals surface area (Å²) in [5, 5.41) is 11.1. The van der Waals surface area contributed by atoms with E-state index in [0.29, 0.717) is 15.8 Å². The van der Waals surface area contributed by atoms with Crippen LogP contribution in [0.2, 0.25) is 0 Å². The van der Waals surface area contributed by atoms with Crippen molar-refractivity contribution in [2.75, 3.05) is 6.61 Å². The van der Waals surface area contributed by atoms with Crippen LogP contribution in [0.1, 0.15) is 28.4 Å². The van der Waals surface area contributed by atoms with E-state index in [9.17, 15) is 19.7 Å². The van der Waals surface area contributed by atoms with E-state index in [1.165, 1.54) is 12.1 Å². The summed E-state index contributed by atoms with van der Waals surface area (Å²) in [5.74, 6) is -0.933. The molecule has 0 spiro atoms. The van der Waals surface area contributed by atoms with Crippen LogP contribution in [0.5, 0.6) is 0 Å². The van der Waals surface area contributed by atoms with Crippen LogP contribution in [0.4, 0.5) is 5.69 Å². The lowest BCUT2D eigenvalue weighted by Gasteiger charge is -2.05. The Bertz CT molecular complexity index is 1190. The van der Waals surface area contributed by atoms with Crippen LogP contribution < -0.4 is 4.80 Å². The van der Waals surface area contributed by atoms with Crippen molar-refractivity contribution in [2.24, 2.45) is 4.99 Å². The van der Waals surface area contributed by atoms with E-state index in [-0.39, 0.29) is 23.6 Å². The largest absolute Gasteiger partial charge is 0.465 e. The molecule has 9 heteroatoms. The molecule has 0 N–H and O–H groups in total. The second kappa shape index (κ2) is 8.36. The van der Waals surface area contributed by atoms with Gasteiger partial charge in [-0.05, 0) is 50.1 Å². The first kappa shape index (κ1) is 20.4. The fourth-order valence-corrected chi connectivity index (χ4v) is 3.84. The number of aromatic nitrogens is 1. The number of nitro groups is 1. The zero-order valence-electron chi connectivity index (χ0n) is 16.2. The number of fused-ring (bicyclic) bond motifs is 1. The Hall–Kier alpha value is -3.33. The maximum absolute atomic E-state index is 12.7. The number of nitrogens with zero attached hydrogens (tertiary/aromatic N) is 3. The third kappa shape index (κ3) is 4.40. The Kier molecular flexibility index (Phi) is 5.88. The topological polar surface area (TPSA) is 104 Å². The third-order valence-electron chi connectivity index (χ3n) is 4.42. The van der Waals surface area contributed by atoms with Gasteiger partial charge in [-0.3, -0.25) is 19.7 Å². The molecule has 0 aliphatic carbocycles. The van der Waals surface area contributed by atoms with Gasteiger partial charge in [0, 0.05) is 17.7 Å². The normalized spacial score (nSPS) is 11.6. The molecule has 0 unspecified atom stereocenters. The molecule has 0 aliphatic rings. The second-order valence-corrected chi connectivity index (χ2v) is 7.41. The molecule has 0 saturated heterocycles. The molecule has 0 fully saturated rings. The van der Waals surface area contributed by atoms with Crippen molar-refractivity contribution < 1.29 is 19.2 Å². The number of esters is 1. The van der Waals surface area contributed by atoms with Gasteiger partial charge < -0.3 is 9.30 Å². The highest BCUT2D eigenvalue weighted by Gasteiger charge is 2.16. The first-order chi connectivity index (χ1) is 13.8. The van der Waals surface area contributed by atoms with E-state index in [1.807, 2.05) is 19.9 Å². The van der Waals surface area contributed by atoms with E-state index in [2.05, 4.69) is 4.99 Å². The van der Waals surface area contributed by atoms with Gasteiger partial charge in [0.15, 0.2) is 4.80 Å². The summed E-state index contributed by atoms with van der Waals surface area (Å²) in [4.78, 5) is 39.8. The van der Waals surface area contributed by atoms with Crippen LogP contribution in [-0.2, 0) is 16.1 Å². The predicted molar refractivity (Wildman–Crippen MR) is 109 cm³/mol. The molecule has 0 bridgehead atoms. The molecule has 29 heavy (non-hydrogen) atoms. The average Bonchev–Trinajstić information content (AvgIpc) is 3.00. The summed E-state index contributed by atoms with van der Waals surface area (Å²) < 4.78 is 7.10. The zero-order chi connectivity index (χ0) is 21.1. The number of thiazole rings is 1. The van der Waals surface area contributed by atoms with Crippen LogP contribution in [0.15, 0.2) is 41.4 Å². The SMILES string of the molecule is CCOC(=O)Cn1c(=NC(=O)c2ccc(C)c(C)c2)sc2cc([N+](=O)[O-])ccc21. The molecule has 3 aromatic rings.